The molecule has 0 fully saturated rings. The van der Waals surface area contributed by atoms with E-state index in [1.807, 2.05) is 18.2 Å². The number of anilines is 1. The lowest BCUT2D eigenvalue weighted by atomic mass is 10.2. The van der Waals surface area contributed by atoms with E-state index in [0.717, 1.165) is 5.56 Å². The summed E-state index contributed by atoms with van der Waals surface area (Å²) < 4.78 is 11.1. The van der Waals surface area contributed by atoms with Crippen LogP contribution in [0.15, 0.2) is 78.0 Å². The monoisotopic (exact) mass is 435 g/mol. The molecule has 0 spiro atoms. The second-order valence-corrected chi connectivity index (χ2v) is 6.54. The van der Waals surface area contributed by atoms with Crippen LogP contribution in [0, 0.1) is 10.1 Å². The fourth-order valence-electron chi connectivity index (χ4n) is 2.67. The van der Waals surface area contributed by atoms with Crippen molar-refractivity contribution in [3.63, 3.8) is 0 Å². The van der Waals surface area contributed by atoms with Crippen LogP contribution in [0.1, 0.15) is 11.1 Å². The first-order valence-corrected chi connectivity index (χ1v) is 9.59. The number of benzene rings is 3. The molecule has 0 unspecified atom stereocenters. The maximum atomic E-state index is 11.8. The van der Waals surface area contributed by atoms with E-state index in [1.165, 1.54) is 25.5 Å². The number of para-hydroxylation sites is 1. The van der Waals surface area contributed by atoms with Gasteiger partial charge < -0.3 is 19.6 Å². The highest BCUT2D eigenvalue weighted by Crippen LogP contribution is 2.28. The van der Waals surface area contributed by atoms with Crippen molar-refractivity contribution < 1.29 is 24.0 Å². The van der Waals surface area contributed by atoms with E-state index in [1.54, 1.807) is 42.5 Å². The second kappa shape index (κ2) is 11.1. The number of methoxy groups -OCH3 is 1. The molecule has 0 aromatic heterocycles. The van der Waals surface area contributed by atoms with E-state index in [9.17, 15) is 14.9 Å². The molecule has 0 heterocycles. The van der Waals surface area contributed by atoms with Gasteiger partial charge in [0.2, 0.25) is 0 Å². The Bertz CT molecular complexity index is 1080. The molecule has 9 nitrogen and oxygen atoms in total. The molecule has 3 aromatic rings. The molecular weight excluding hydrogens is 414 g/mol. The maximum Gasteiger partial charge on any atom is 0.269 e. The molecular formula is C23H21N3O6. The first-order chi connectivity index (χ1) is 15.5. The molecule has 1 amide bonds. The van der Waals surface area contributed by atoms with Gasteiger partial charge in [0.1, 0.15) is 6.61 Å². The molecule has 0 saturated heterocycles. The molecule has 32 heavy (non-hydrogen) atoms. The number of hydrogen-bond acceptors (Lipinski definition) is 7. The highest BCUT2D eigenvalue weighted by atomic mass is 16.6. The van der Waals surface area contributed by atoms with Gasteiger partial charge in [-0.25, -0.2) is 0 Å². The van der Waals surface area contributed by atoms with E-state index < -0.39 is 4.92 Å². The van der Waals surface area contributed by atoms with Gasteiger partial charge >= 0.3 is 0 Å². The molecule has 0 saturated carbocycles. The van der Waals surface area contributed by atoms with E-state index in [-0.39, 0.29) is 24.8 Å². The molecule has 0 aliphatic rings. The van der Waals surface area contributed by atoms with Crippen molar-refractivity contribution in [2.45, 2.75) is 6.61 Å². The Morgan fingerprint density at radius 2 is 1.81 bits per heavy atom. The fraction of sp³-hybridized carbons (Fsp3) is 0.130. The van der Waals surface area contributed by atoms with E-state index >= 15 is 0 Å². The summed E-state index contributed by atoms with van der Waals surface area (Å²) in [6.07, 6.45) is 1.46. The van der Waals surface area contributed by atoms with Crippen LogP contribution in [0.3, 0.4) is 0 Å². The molecule has 0 radical (unpaired) electrons. The number of non-ortho nitro benzene ring substituents is 1. The first-order valence-electron chi connectivity index (χ1n) is 9.59. The normalized spacial score (nSPS) is 10.5. The maximum absolute atomic E-state index is 11.8. The van der Waals surface area contributed by atoms with Crippen LogP contribution in [0.2, 0.25) is 0 Å². The van der Waals surface area contributed by atoms with Crippen LogP contribution in [-0.4, -0.2) is 30.8 Å². The largest absolute Gasteiger partial charge is 0.493 e. The van der Waals surface area contributed by atoms with Gasteiger partial charge in [-0.3, -0.25) is 14.9 Å². The summed E-state index contributed by atoms with van der Waals surface area (Å²) >= 11 is 0. The Kier molecular flexibility index (Phi) is 7.74. The van der Waals surface area contributed by atoms with Crippen molar-refractivity contribution in [2.24, 2.45) is 5.16 Å². The van der Waals surface area contributed by atoms with Gasteiger partial charge in [0.15, 0.2) is 18.1 Å². The summed E-state index contributed by atoms with van der Waals surface area (Å²) in [5, 5.41) is 17.2. The summed E-state index contributed by atoms with van der Waals surface area (Å²) in [5.74, 6) is 0.671. The second-order valence-electron chi connectivity index (χ2n) is 6.54. The van der Waals surface area contributed by atoms with Crippen LogP contribution in [0.5, 0.6) is 11.5 Å². The third-order valence-corrected chi connectivity index (χ3v) is 4.26. The summed E-state index contributed by atoms with van der Waals surface area (Å²) in [6.45, 7) is 0.000385. The van der Waals surface area contributed by atoms with Crippen LogP contribution in [0.25, 0.3) is 0 Å². The zero-order valence-corrected chi connectivity index (χ0v) is 17.3. The number of nitrogens with zero attached hydrogens (tertiary/aromatic N) is 2. The third kappa shape index (κ3) is 6.56. The quantitative estimate of drug-likeness (QED) is 0.291. The average Bonchev–Trinajstić information content (AvgIpc) is 2.81. The lowest BCUT2D eigenvalue weighted by Crippen LogP contribution is -2.16. The third-order valence-electron chi connectivity index (χ3n) is 4.26. The van der Waals surface area contributed by atoms with Crippen LogP contribution < -0.4 is 14.8 Å². The predicted octanol–water partition coefficient (Wildman–Crippen LogP) is 4.17. The number of rotatable bonds is 10. The average molecular weight is 435 g/mol. The Labute approximate surface area is 184 Å². The molecule has 1 N–H and O–H groups in total. The number of oxime groups is 1. The number of hydrogen-bond donors (Lipinski definition) is 1. The smallest absolute Gasteiger partial charge is 0.269 e. The number of nitro benzene ring substituents is 1. The highest BCUT2D eigenvalue weighted by molar-refractivity contribution is 5.91. The zero-order chi connectivity index (χ0) is 22.8. The number of amides is 1. The first kappa shape index (κ1) is 22.3. The van der Waals surface area contributed by atoms with Crippen molar-refractivity contribution in [1.29, 1.82) is 0 Å². The number of carbonyl (C=O) groups excluding carboxylic acids is 1. The number of carbonyl (C=O) groups is 1. The topological polar surface area (TPSA) is 112 Å². The fourth-order valence-corrected chi connectivity index (χ4v) is 2.67. The predicted molar refractivity (Wildman–Crippen MR) is 119 cm³/mol. The summed E-state index contributed by atoms with van der Waals surface area (Å²) in [7, 11) is 1.51. The SMILES string of the molecule is COc1cc(/C=N/OCC(=O)Nc2ccccc2)ccc1OCc1ccc([N+](=O)[O-])cc1. The number of nitro groups is 1. The van der Waals surface area contributed by atoms with Gasteiger partial charge in [-0.05, 0) is 48.0 Å². The van der Waals surface area contributed by atoms with Crippen molar-refractivity contribution in [3.05, 3.63) is 94.0 Å². The molecule has 0 bridgehead atoms. The Balaban J connectivity index is 1.51. The van der Waals surface area contributed by atoms with Crippen molar-refractivity contribution in [3.8, 4) is 11.5 Å². The highest BCUT2D eigenvalue weighted by Gasteiger charge is 2.08. The minimum atomic E-state index is -0.451. The zero-order valence-electron chi connectivity index (χ0n) is 17.3. The Morgan fingerprint density at radius 3 is 2.50 bits per heavy atom. The van der Waals surface area contributed by atoms with E-state index in [0.29, 0.717) is 22.7 Å². The molecule has 9 heteroatoms. The molecule has 3 aromatic carbocycles. The molecule has 0 aliphatic heterocycles. The Morgan fingerprint density at radius 1 is 1.06 bits per heavy atom. The summed E-state index contributed by atoms with van der Waals surface area (Å²) in [4.78, 5) is 27.2. The van der Waals surface area contributed by atoms with Gasteiger partial charge in [-0.15, -0.1) is 0 Å². The minimum absolute atomic E-state index is 0.0229. The summed E-state index contributed by atoms with van der Waals surface area (Å²) in [5.41, 5.74) is 2.17. The van der Waals surface area contributed by atoms with Crippen LogP contribution in [-0.2, 0) is 16.2 Å². The van der Waals surface area contributed by atoms with Gasteiger partial charge in [-0.1, -0.05) is 23.4 Å². The van der Waals surface area contributed by atoms with E-state index in [2.05, 4.69) is 10.5 Å². The molecule has 0 aliphatic carbocycles. The minimum Gasteiger partial charge on any atom is -0.493 e. The van der Waals surface area contributed by atoms with Crippen molar-refractivity contribution >= 4 is 23.5 Å². The number of ether oxygens (including phenoxy) is 2. The molecule has 164 valence electrons. The van der Waals surface area contributed by atoms with Crippen LogP contribution in [0.4, 0.5) is 11.4 Å². The van der Waals surface area contributed by atoms with E-state index in [4.69, 9.17) is 14.3 Å². The Hall–Kier alpha value is -4.40. The lowest BCUT2D eigenvalue weighted by Gasteiger charge is -2.11. The summed E-state index contributed by atoms with van der Waals surface area (Å²) in [6, 6.07) is 20.4. The van der Waals surface area contributed by atoms with Crippen molar-refractivity contribution in [2.75, 3.05) is 19.0 Å². The number of nitrogens with one attached hydrogen (secondary N) is 1. The molecule has 0 atom stereocenters. The van der Waals surface area contributed by atoms with Crippen LogP contribution >= 0.6 is 0 Å². The lowest BCUT2D eigenvalue weighted by molar-refractivity contribution is -0.384. The standard InChI is InChI=1S/C23H21N3O6/c1-30-22-13-18(14-24-32-16-23(27)25-19-5-3-2-4-6-19)9-12-21(22)31-15-17-7-10-20(11-8-17)26(28)29/h2-14H,15-16H2,1H3,(H,25,27)/b24-14+. The van der Waals surface area contributed by atoms with Gasteiger partial charge in [-0.2, -0.15) is 0 Å². The molecule has 3 rings (SSSR count). The van der Waals surface area contributed by atoms with Gasteiger partial charge in [0, 0.05) is 23.4 Å². The van der Waals surface area contributed by atoms with Gasteiger partial charge in [0.05, 0.1) is 18.2 Å². The van der Waals surface area contributed by atoms with Crippen molar-refractivity contribution in [1.82, 2.24) is 0 Å². The van der Waals surface area contributed by atoms with Gasteiger partial charge in [0.25, 0.3) is 11.6 Å².